The summed E-state index contributed by atoms with van der Waals surface area (Å²) >= 11 is 0. The molecule has 7 heteroatoms. The number of hydrogen-bond acceptors (Lipinski definition) is 4. The van der Waals surface area contributed by atoms with Gasteiger partial charge in [0.15, 0.2) is 11.5 Å². The zero-order valence-corrected chi connectivity index (χ0v) is 16.1. The zero-order valence-electron chi connectivity index (χ0n) is 16.1. The zero-order chi connectivity index (χ0) is 20.1. The second kappa shape index (κ2) is 9.01. The topological polar surface area (TPSA) is 50.8 Å². The van der Waals surface area contributed by atoms with Crippen LogP contribution in [0.1, 0.15) is 25.0 Å². The third kappa shape index (κ3) is 4.59. The lowest BCUT2D eigenvalue weighted by Gasteiger charge is -2.29. The molecule has 1 aliphatic heterocycles. The average molecular weight is 390 g/mol. The summed E-state index contributed by atoms with van der Waals surface area (Å²) in [5.41, 5.74) is 1.80. The molecule has 0 unspecified atom stereocenters. The summed E-state index contributed by atoms with van der Waals surface area (Å²) in [6, 6.07) is 7.43. The van der Waals surface area contributed by atoms with E-state index in [1.807, 2.05) is 30.9 Å². The minimum Gasteiger partial charge on any atom is -0.490 e. The van der Waals surface area contributed by atoms with Gasteiger partial charge in [-0.1, -0.05) is 6.07 Å². The van der Waals surface area contributed by atoms with E-state index in [2.05, 4.69) is 5.32 Å². The number of fused-ring (bicyclic) bond motifs is 1. The number of anilines is 1. The van der Waals surface area contributed by atoms with E-state index in [0.717, 1.165) is 35.4 Å². The average Bonchev–Trinajstić information content (AvgIpc) is 2.66. The molecule has 5 nitrogen and oxygen atoms in total. The van der Waals surface area contributed by atoms with E-state index < -0.39 is 23.2 Å². The minimum absolute atomic E-state index is 0.0460. The van der Waals surface area contributed by atoms with Gasteiger partial charge in [0.25, 0.3) is 0 Å². The lowest BCUT2D eigenvalue weighted by atomic mass is 9.98. The van der Waals surface area contributed by atoms with Crippen molar-refractivity contribution in [3.05, 3.63) is 53.1 Å². The third-order valence-electron chi connectivity index (χ3n) is 4.55. The number of nitrogens with one attached hydrogen (secondary N) is 1. The van der Waals surface area contributed by atoms with Crippen LogP contribution in [0.25, 0.3) is 0 Å². The number of ether oxygens (including phenoxy) is 2. The van der Waals surface area contributed by atoms with E-state index in [4.69, 9.17) is 9.47 Å². The van der Waals surface area contributed by atoms with Gasteiger partial charge in [-0.2, -0.15) is 0 Å². The number of carbonyl (C=O) groups excluding carboxylic acids is 1. The Kier molecular flexibility index (Phi) is 6.46. The molecular formula is C21H24F2N2O3. The van der Waals surface area contributed by atoms with Gasteiger partial charge in [0, 0.05) is 13.1 Å². The Morgan fingerprint density at radius 3 is 2.29 bits per heavy atom. The molecule has 0 bridgehead atoms. The van der Waals surface area contributed by atoms with Crippen LogP contribution in [-0.2, 0) is 17.8 Å². The van der Waals surface area contributed by atoms with Crippen molar-refractivity contribution >= 4 is 11.6 Å². The number of nitrogens with zero attached hydrogens (tertiary/aromatic N) is 1. The number of benzene rings is 2. The van der Waals surface area contributed by atoms with E-state index in [1.54, 1.807) is 0 Å². The van der Waals surface area contributed by atoms with Crippen LogP contribution in [0.3, 0.4) is 0 Å². The molecule has 3 rings (SSSR count). The Morgan fingerprint density at radius 1 is 1.07 bits per heavy atom. The van der Waals surface area contributed by atoms with E-state index in [-0.39, 0.29) is 6.54 Å². The predicted octanol–water partition coefficient (Wildman–Crippen LogP) is 3.76. The van der Waals surface area contributed by atoms with Crippen LogP contribution in [0.5, 0.6) is 11.5 Å². The molecule has 0 spiro atoms. The van der Waals surface area contributed by atoms with Gasteiger partial charge in [-0.3, -0.25) is 9.69 Å². The van der Waals surface area contributed by atoms with Crippen LogP contribution in [0.2, 0.25) is 0 Å². The Bertz CT molecular complexity index is 838. The number of para-hydroxylation sites is 1. The summed E-state index contributed by atoms with van der Waals surface area (Å²) in [7, 11) is 0. The van der Waals surface area contributed by atoms with Gasteiger partial charge in [-0.15, -0.1) is 0 Å². The minimum atomic E-state index is -0.790. The molecular weight excluding hydrogens is 366 g/mol. The Balaban J connectivity index is 1.69. The molecule has 28 heavy (non-hydrogen) atoms. The fourth-order valence-corrected chi connectivity index (χ4v) is 3.29. The van der Waals surface area contributed by atoms with Gasteiger partial charge >= 0.3 is 0 Å². The molecule has 1 amide bonds. The molecule has 0 saturated heterocycles. The standard InChI is InChI=1S/C21H24F2N2O3/c1-3-27-18-10-14-8-9-25(12-15(14)11-19(18)28-4-2)13-20(26)24-21-16(22)6-5-7-17(21)23/h5-7,10-11H,3-4,8-9,12-13H2,1-2H3,(H,24,26). The van der Waals surface area contributed by atoms with Crippen LogP contribution in [0.4, 0.5) is 14.5 Å². The molecule has 1 aliphatic rings. The van der Waals surface area contributed by atoms with Crippen LogP contribution in [0.15, 0.2) is 30.3 Å². The second-order valence-corrected chi connectivity index (χ2v) is 6.54. The molecule has 0 atom stereocenters. The normalized spacial score (nSPS) is 13.7. The Hall–Kier alpha value is -2.67. The van der Waals surface area contributed by atoms with Crippen molar-refractivity contribution in [2.75, 3.05) is 31.6 Å². The molecule has 150 valence electrons. The van der Waals surface area contributed by atoms with E-state index >= 15 is 0 Å². The summed E-state index contributed by atoms with van der Waals surface area (Å²) in [4.78, 5) is 14.2. The van der Waals surface area contributed by atoms with Crippen LogP contribution in [-0.4, -0.2) is 37.1 Å². The highest BCUT2D eigenvalue weighted by molar-refractivity contribution is 5.92. The molecule has 1 N–H and O–H groups in total. The predicted molar refractivity (Wildman–Crippen MR) is 103 cm³/mol. The Labute approximate surface area is 163 Å². The molecule has 2 aromatic rings. The first-order chi connectivity index (χ1) is 13.5. The van der Waals surface area contributed by atoms with Crippen LogP contribution >= 0.6 is 0 Å². The number of carbonyl (C=O) groups is 1. The fraction of sp³-hybridized carbons (Fsp3) is 0.381. The smallest absolute Gasteiger partial charge is 0.238 e. The third-order valence-corrected chi connectivity index (χ3v) is 4.55. The number of hydrogen-bond donors (Lipinski definition) is 1. The highest BCUT2D eigenvalue weighted by atomic mass is 19.1. The summed E-state index contributed by atoms with van der Waals surface area (Å²) in [6.07, 6.45) is 0.753. The first kappa shape index (κ1) is 20.1. The summed E-state index contributed by atoms with van der Waals surface area (Å²) in [5.74, 6) is -0.625. The van der Waals surface area contributed by atoms with Gasteiger partial charge in [0.05, 0.1) is 19.8 Å². The maximum atomic E-state index is 13.7. The van der Waals surface area contributed by atoms with Crippen molar-refractivity contribution in [1.82, 2.24) is 4.90 Å². The van der Waals surface area contributed by atoms with Crippen molar-refractivity contribution in [2.24, 2.45) is 0 Å². The second-order valence-electron chi connectivity index (χ2n) is 6.54. The summed E-state index contributed by atoms with van der Waals surface area (Å²) in [6.45, 7) is 6.18. The lowest BCUT2D eigenvalue weighted by Crippen LogP contribution is -2.37. The van der Waals surface area contributed by atoms with Crippen molar-refractivity contribution in [2.45, 2.75) is 26.8 Å². The SMILES string of the molecule is CCOc1cc2c(cc1OCC)CN(CC(=O)Nc1c(F)cccc1F)CC2. The maximum Gasteiger partial charge on any atom is 0.238 e. The number of amides is 1. The largest absolute Gasteiger partial charge is 0.490 e. The van der Waals surface area contributed by atoms with Crippen LogP contribution in [0, 0.1) is 11.6 Å². The van der Waals surface area contributed by atoms with Gasteiger partial charge < -0.3 is 14.8 Å². The van der Waals surface area contributed by atoms with E-state index in [9.17, 15) is 13.6 Å². The molecule has 0 radical (unpaired) electrons. The number of halogens is 2. The van der Waals surface area contributed by atoms with E-state index in [0.29, 0.717) is 32.1 Å². The molecule has 1 heterocycles. The molecule has 0 fully saturated rings. The first-order valence-corrected chi connectivity index (χ1v) is 9.39. The Morgan fingerprint density at radius 2 is 1.68 bits per heavy atom. The van der Waals surface area contributed by atoms with Gasteiger partial charge in [0.2, 0.25) is 5.91 Å². The fourth-order valence-electron chi connectivity index (χ4n) is 3.29. The highest BCUT2D eigenvalue weighted by Gasteiger charge is 2.22. The first-order valence-electron chi connectivity index (χ1n) is 9.39. The van der Waals surface area contributed by atoms with Gasteiger partial charge in [0.1, 0.15) is 17.3 Å². The van der Waals surface area contributed by atoms with Gasteiger partial charge in [-0.25, -0.2) is 8.78 Å². The summed E-state index contributed by atoms with van der Waals surface area (Å²) in [5, 5.41) is 2.33. The molecule has 0 aromatic heterocycles. The van der Waals surface area contributed by atoms with Crippen molar-refractivity contribution < 1.29 is 23.0 Å². The quantitative estimate of drug-likeness (QED) is 0.782. The van der Waals surface area contributed by atoms with Crippen molar-refractivity contribution in [3.8, 4) is 11.5 Å². The monoisotopic (exact) mass is 390 g/mol. The van der Waals surface area contributed by atoms with Crippen molar-refractivity contribution in [1.29, 1.82) is 0 Å². The summed E-state index contributed by atoms with van der Waals surface area (Å²) < 4.78 is 38.8. The lowest BCUT2D eigenvalue weighted by molar-refractivity contribution is -0.117. The van der Waals surface area contributed by atoms with Crippen LogP contribution < -0.4 is 14.8 Å². The number of rotatable bonds is 7. The van der Waals surface area contributed by atoms with E-state index in [1.165, 1.54) is 6.07 Å². The molecule has 2 aromatic carbocycles. The van der Waals surface area contributed by atoms with Crippen molar-refractivity contribution in [3.63, 3.8) is 0 Å². The highest BCUT2D eigenvalue weighted by Crippen LogP contribution is 2.33. The van der Waals surface area contributed by atoms with Gasteiger partial charge in [-0.05, 0) is 55.7 Å². The molecule has 0 saturated carbocycles. The molecule has 0 aliphatic carbocycles. The maximum absolute atomic E-state index is 13.7.